The van der Waals surface area contributed by atoms with Crippen molar-refractivity contribution in [3.05, 3.63) is 22.8 Å². The van der Waals surface area contributed by atoms with Crippen molar-refractivity contribution >= 4 is 5.78 Å². The summed E-state index contributed by atoms with van der Waals surface area (Å²) < 4.78 is 6.32. The number of Topliss-reactive ketones (excluding diaryl/α,β-unsaturated/α-hetero) is 1. The van der Waals surface area contributed by atoms with Gasteiger partial charge in [-0.2, -0.15) is 0 Å². The Labute approximate surface area is 191 Å². The molecule has 0 fully saturated rings. The van der Waals surface area contributed by atoms with Crippen LogP contribution in [0.4, 0.5) is 0 Å². The summed E-state index contributed by atoms with van der Waals surface area (Å²) in [4.78, 5) is 12.8. The van der Waals surface area contributed by atoms with Crippen LogP contribution in [-0.2, 0) is 0 Å². The Morgan fingerprint density at radius 3 is 2.10 bits per heavy atom. The zero-order chi connectivity index (χ0) is 23.2. The number of carbonyl (C=O) groups is 1. The van der Waals surface area contributed by atoms with E-state index in [4.69, 9.17) is 4.74 Å². The van der Waals surface area contributed by atoms with E-state index in [9.17, 15) is 9.90 Å². The predicted octanol–water partition coefficient (Wildman–Crippen LogP) is 8.17. The summed E-state index contributed by atoms with van der Waals surface area (Å²) in [5, 5.41) is 10.2. The number of carbonyl (C=O) groups excluding carboxylic acids is 1. The van der Waals surface area contributed by atoms with Gasteiger partial charge in [-0.05, 0) is 63.0 Å². The highest BCUT2D eigenvalue weighted by Crippen LogP contribution is 2.41. The molecule has 1 N–H and O–H groups in total. The Kier molecular flexibility index (Phi) is 9.45. The van der Waals surface area contributed by atoms with Gasteiger partial charge in [-0.25, -0.2) is 0 Å². The molecule has 2 rings (SSSR count). The highest BCUT2D eigenvalue weighted by Gasteiger charge is 2.37. The molecule has 0 unspecified atom stereocenters. The molecule has 0 spiro atoms. The summed E-state index contributed by atoms with van der Waals surface area (Å²) in [5.74, 6) is 3.34. The lowest BCUT2D eigenvalue weighted by atomic mass is 9.84. The van der Waals surface area contributed by atoms with Crippen molar-refractivity contribution in [3.8, 4) is 11.5 Å². The van der Waals surface area contributed by atoms with E-state index >= 15 is 0 Å². The Balaban J connectivity index is 1.75. The summed E-state index contributed by atoms with van der Waals surface area (Å²) in [7, 11) is 0. The topological polar surface area (TPSA) is 46.5 Å². The van der Waals surface area contributed by atoms with Gasteiger partial charge in [-0.15, -0.1) is 0 Å². The minimum Gasteiger partial charge on any atom is -0.507 e. The first-order valence-electron chi connectivity index (χ1n) is 12.6. The second kappa shape index (κ2) is 11.4. The van der Waals surface area contributed by atoms with E-state index in [1.165, 1.54) is 44.9 Å². The standard InChI is InChI=1S/C28H46O3/c1-19(2)11-8-12-20(3)13-9-14-21(4)15-10-16-28(7)18-24(29)26-23(6)27(30)22(5)17-25(26)31-28/h17,19-21,30H,8-16,18H2,1-7H3/t20-,21-,28+/m1/s1. The van der Waals surface area contributed by atoms with Crippen molar-refractivity contribution in [3.63, 3.8) is 0 Å². The summed E-state index contributed by atoms with van der Waals surface area (Å²) in [6.45, 7) is 15.1. The van der Waals surface area contributed by atoms with Crippen LogP contribution in [0.3, 0.4) is 0 Å². The van der Waals surface area contributed by atoms with Gasteiger partial charge in [0.05, 0.1) is 12.0 Å². The van der Waals surface area contributed by atoms with E-state index in [0.29, 0.717) is 23.3 Å². The molecule has 0 aromatic heterocycles. The number of ether oxygens (including phenoxy) is 1. The Morgan fingerprint density at radius 2 is 1.52 bits per heavy atom. The van der Waals surface area contributed by atoms with Crippen LogP contribution in [0.5, 0.6) is 11.5 Å². The van der Waals surface area contributed by atoms with Gasteiger partial charge >= 0.3 is 0 Å². The second-order valence-electron chi connectivity index (χ2n) is 11.1. The number of phenols is 1. The molecule has 3 atom stereocenters. The van der Waals surface area contributed by atoms with Gasteiger partial charge in [0, 0.05) is 5.56 Å². The smallest absolute Gasteiger partial charge is 0.170 e. The normalized spacial score (nSPS) is 20.5. The molecule has 176 valence electrons. The maximum atomic E-state index is 12.8. The molecule has 31 heavy (non-hydrogen) atoms. The highest BCUT2D eigenvalue weighted by molar-refractivity contribution is 6.02. The number of hydrogen-bond donors (Lipinski definition) is 1. The van der Waals surface area contributed by atoms with Crippen LogP contribution in [0.25, 0.3) is 0 Å². The second-order valence-corrected chi connectivity index (χ2v) is 11.1. The van der Waals surface area contributed by atoms with Gasteiger partial charge in [-0.1, -0.05) is 72.6 Å². The van der Waals surface area contributed by atoms with Crippen molar-refractivity contribution < 1.29 is 14.6 Å². The lowest BCUT2D eigenvalue weighted by Gasteiger charge is -2.36. The molecule has 0 bridgehead atoms. The Morgan fingerprint density at radius 1 is 0.968 bits per heavy atom. The SMILES string of the molecule is Cc1cc2c(c(C)c1O)C(=O)C[C@](C)(CCC[C@H](C)CCC[C@H](C)CCCC(C)C)O2. The third-order valence-corrected chi connectivity index (χ3v) is 7.14. The van der Waals surface area contributed by atoms with Crippen molar-refractivity contribution in [2.24, 2.45) is 17.8 Å². The summed E-state index contributed by atoms with van der Waals surface area (Å²) in [5.41, 5.74) is 1.54. The lowest BCUT2D eigenvalue weighted by Crippen LogP contribution is -2.39. The maximum absolute atomic E-state index is 12.8. The zero-order valence-electron chi connectivity index (χ0n) is 21.1. The summed E-state index contributed by atoms with van der Waals surface area (Å²) in [6, 6.07) is 1.82. The molecule has 0 radical (unpaired) electrons. The monoisotopic (exact) mass is 430 g/mol. The largest absolute Gasteiger partial charge is 0.507 e. The van der Waals surface area contributed by atoms with Crippen molar-refractivity contribution in [2.75, 3.05) is 0 Å². The van der Waals surface area contributed by atoms with Crippen LogP contribution in [0.15, 0.2) is 6.07 Å². The maximum Gasteiger partial charge on any atom is 0.170 e. The van der Waals surface area contributed by atoms with Gasteiger partial charge in [0.1, 0.15) is 17.1 Å². The number of benzene rings is 1. The van der Waals surface area contributed by atoms with Gasteiger partial charge < -0.3 is 9.84 Å². The van der Waals surface area contributed by atoms with E-state index < -0.39 is 5.60 Å². The minimum absolute atomic E-state index is 0.0936. The lowest BCUT2D eigenvalue weighted by molar-refractivity contribution is 0.0444. The fourth-order valence-electron chi connectivity index (χ4n) is 5.03. The summed E-state index contributed by atoms with van der Waals surface area (Å²) >= 11 is 0. The molecule has 0 saturated heterocycles. The number of rotatable bonds is 12. The minimum atomic E-state index is -0.440. The molecule has 1 aromatic carbocycles. The van der Waals surface area contributed by atoms with Gasteiger partial charge in [0.15, 0.2) is 5.78 Å². The van der Waals surface area contributed by atoms with E-state index in [0.717, 1.165) is 36.2 Å². The third-order valence-electron chi connectivity index (χ3n) is 7.14. The third kappa shape index (κ3) is 7.54. The number of phenolic OH excluding ortho intramolecular Hbond substituents is 1. The molecular weight excluding hydrogens is 384 g/mol. The van der Waals surface area contributed by atoms with Crippen LogP contribution in [-0.4, -0.2) is 16.5 Å². The van der Waals surface area contributed by atoms with E-state index in [2.05, 4.69) is 34.6 Å². The van der Waals surface area contributed by atoms with Crippen LogP contribution in [0.2, 0.25) is 0 Å². The highest BCUT2D eigenvalue weighted by atomic mass is 16.5. The van der Waals surface area contributed by atoms with E-state index in [1.54, 1.807) is 6.92 Å². The van der Waals surface area contributed by atoms with Crippen molar-refractivity contribution in [2.45, 2.75) is 118 Å². The zero-order valence-corrected chi connectivity index (χ0v) is 21.1. The molecule has 3 nitrogen and oxygen atoms in total. The molecule has 1 aliphatic rings. The first-order chi connectivity index (χ1) is 14.5. The number of ketones is 1. The number of aryl methyl sites for hydroxylation is 1. The Bertz CT molecular complexity index is 736. The number of fused-ring (bicyclic) bond motifs is 1. The fraction of sp³-hybridized carbons (Fsp3) is 0.750. The molecule has 0 saturated carbocycles. The van der Waals surface area contributed by atoms with Crippen molar-refractivity contribution in [1.82, 2.24) is 0 Å². The molecule has 1 aliphatic heterocycles. The number of hydrogen-bond acceptors (Lipinski definition) is 3. The quantitative estimate of drug-likeness (QED) is 0.364. The van der Waals surface area contributed by atoms with Gasteiger partial charge in [0.2, 0.25) is 0 Å². The molecule has 3 heteroatoms. The van der Waals surface area contributed by atoms with Gasteiger partial charge in [0.25, 0.3) is 0 Å². The fourth-order valence-corrected chi connectivity index (χ4v) is 5.03. The average Bonchev–Trinajstić information content (AvgIpc) is 2.65. The van der Waals surface area contributed by atoms with Crippen LogP contribution >= 0.6 is 0 Å². The van der Waals surface area contributed by atoms with Crippen LogP contribution in [0, 0.1) is 31.6 Å². The van der Waals surface area contributed by atoms with E-state index in [1.807, 2.05) is 13.0 Å². The summed E-state index contributed by atoms with van der Waals surface area (Å²) in [6.07, 6.45) is 11.6. The molecule has 0 amide bonds. The van der Waals surface area contributed by atoms with Crippen LogP contribution in [0.1, 0.15) is 120 Å². The van der Waals surface area contributed by atoms with Crippen LogP contribution < -0.4 is 4.74 Å². The Hall–Kier alpha value is -1.51. The first-order valence-corrected chi connectivity index (χ1v) is 12.6. The average molecular weight is 431 g/mol. The van der Waals surface area contributed by atoms with Gasteiger partial charge in [-0.3, -0.25) is 4.79 Å². The molecule has 0 aliphatic carbocycles. The van der Waals surface area contributed by atoms with E-state index in [-0.39, 0.29) is 11.5 Å². The number of aromatic hydroxyl groups is 1. The molecular formula is C28H46O3. The molecule has 1 aromatic rings. The van der Waals surface area contributed by atoms with Crippen molar-refractivity contribution in [1.29, 1.82) is 0 Å². The predicted molar refractivity (Wildman–Crippen MR) is 130 cm³/mol. The first kappa shape index (κ1) is 25.7. The molecule has 1 heterocycles.